The lowest BCUT2D eigenvalue weighted by molar-refractivity contribution is 0.223. The lowest BCUT2D eigenvalue weighted by Crippen LogP contribution is -1.95. The van der Waals surface area contributed by atoms with E-state index >= 15 is 0 Å². The van der Waals surface area contributed by atoms with E-state index in [9.17, 15) is 5.11 Å². The van der Waals surface area contributed by atoms with E-state index in [1.165, 1.54) is 24.0 Å². The first kappa shape index (κ1) is 9.91. The van der Waals surface area contributed by atoms with E-state index in [-0.39, 0.29) is 6.10 Å². The fourth-order valence-corrected chi connectivity index (χ4v) is 2.07. The summed E-state index contributed by atoms with van der Waals surface area (Å²) in [6, 6.07) is 8.22. The zero-order valence-corrected chi connectivity index (χ0v) is 9.23. The van der Waals surface area contributed by atoms with Crippen LogP contribution in [0.2, 0.25) is 0 Å². The fraction of sp³-hybridized carbons (Fsp3) is 0.429. The summed E-state index contributed by atoms with van der Waals surface area (Å²) in [5.41, 5.74) is 2.46. The molecule has 1 fully saturated rings. The van der Waals surface area contributed by atoms with Crippen molar-refractivity contribution in [3.63, 3.8) is 0 Å². The summed E-state index contributed by atoms with van der Waals surface area (Å²) >= 11 is 0. The number of benzene rings is 1. The first-order chi connectivity index (χ1) is 7.81. The smallest absolute Gasteiger partial charge is 0.119 e. The molecule has 2 aliphatic rings. The third-order valence-corrected chi connectivity index (χ3v) is 3.16. The maximum atomic E-state index is 9.44. The number of rotatable bonds is 3. The van der Waals surface area contributed by atoms with Crippen LogP contribution >= 0.6 is 0 Å². The van der Waals surface area contributed by atoms with E-state index < -0.39 is 0 Å². The van der Waals surface area contributed by atoms with Gasteiger partial charge in [0.1, 0.15) is 5.75 Å². The van der Waals surface area contributed by atoms with E-state index in [0.717, 1.165) is 18.6 Å². The van der Waals surface area contributed by atoms with Gasteiger partial charge in [0.25, 0.3) is 0 Å². The van der Waals surface area contributed by atoms with Crippen molar-refractivity contribution in [3.8, 4) is 5.75 Å². The standard InChI is InChI=1S/C14H16O2/c15-12-4-1-11(9-12)10-2-5-13(6-3-10)16-14-7-8-14/h2-3,5-6,9,12,14-15H,1,4,7-8H2. The molecule has 1 aromatic carbocycles. The second-order valence-corrected chi connectivity index (χ2v) is 4.64. The molecule has 2 heteroatoms. The third kappa shape index (κ3) is 2.12. The molecule has 0 heterocycles. The minimum atomic E-state index is -0.252. The van der Waals surface area contributed by atoms with Gasteiger partial charge in [0, 0.05) is 0 Å². The predicted octanol–water partition coefficient (Wildman–Crippen LogP) is 2.77. The van der Waals surface area contributed by atoms with Gasteiger partial charge in [-0.3, -0.25) is 0 Å². The number of allylic oxidation sites excluding steroid dienone is 1. The first-order valence-corrected chi connectivity index (χ1v) is 5.97. The molecule has 2 nitrogen and oxygen atoms in total. The molecule has 1 aromatic rings. The fourth-order valence-electron chi connectivity index (χ4n) is 2.07. The molecule has 0 radical (unpaired) electrons. The zero-order valence-electron chi connectivity index (χ0n) is 9.23. The van der Waals surface area contributed by atoms with Crippen molar-refractivity contribution in [3.05, 3.63) is 35.9 Å². The van der Waals surface area contributed by atoms with Crippen molar-refractivity contribution in [2.75, 3.05) is 0 Å². The number of ether oxygens (including phenoxy) is 1. The average molecular weight is 216 g/mol. The molecule has 1 N–H and O–H groups in total. The summed E-state index contributed by atoms with van der Waals surface area (Å²) in [7, 11) is 0. The molecule has 1 atom stereocenters. The lowest BCUT2D eigenvalue weighted by Gasteiger charge is -2.06. The first-order valence-electron chi connectivity index (χ1n) is 5.97. The Balaban J connectivity index is 1.73. The molecular weight excluding hydrogens is 200 g/mol. The monoisotopic (exact) mass is 216 g/mol. The summed E-state index contributed by atoms with van der Waals surface area (Å²) in [6.07, 6.45) is 6.38. The molecule has 0 amide bonds. The predicted molar refractivity (Wildman–Crippen MR) is 63.3 cm³/mol. The Kier molecular flexibility index (Phi) is 2.44. The van der Waals surface area contributed by atoms with Gasteiger partial charge >= 0.3 is 0 Å². The summed E-state index contributed by atoms with van der Waals surface area (Å²) in [5, 5.41) is 9.44. The molecule has 0 bridgehead atoms. The van der Waals surface area contributed by atoms with Crippen LogP contribution in [0.4, 0.5) is 0 Å². The van der Waals surface area contributed by atoms with Crippen molar-refractivity contribution >= 4 is 5.57 Å². The van der Waals surface area contributed by atoms with Crippen molar-refractivity contribution in [1.82, 2.24) is 0 Å². The average Bonchev–Trinajstić information content (AvgIpc) is 3.00. The van der Waals surface area contributed by atoms with Gasteiger partial charge in [-0.2, -0.15) is 0 Å². The second-order valence-electron chi connectivity index (χ2n) is 4.64. The van der Waals surface area contributed by atoms with E-state index in [4.69, 9.17) is 4.74 Å². The molecule has 0 aliphatic heterocycles. The normalized spacial score (nSPS) is 24.3. The largest absolute Gasteiger partial charge is 0.490 e. The molecule has 1 unspecified atom stereocenters. The SMILES string of the molecule is OC1C=C(c2ccc(OC3CC3)cc2)CC1. The van der Waals surface area contributed by atoms with Gasteiger partial charge in [0.2, 0.25) is 0 Å². The van der Waals surface area contributed by atoms with Crippen molar-refractivity contribution < 1.29 is 9.84 Å². The number of hydrogen-bond donors (Lipinski definition) is 1. The van der Waals surface area contributed by atoms with Crippen LogP contribution in [-0.2, 0) is 0 Å². The van der Waals surface area contributed by atoms with Gasteiger partial charge in [-0.05, 0) is 49.0 Å². The van der Waals surface area contributed by atoms with Crippen LogP contribution in [0.1, 0.15) is 31.2 Å². The van der Waals surface area contributed by atoms with Gasteiger partial charge in [0.15, 0.2) is 0 Å². The Morgan fingerprint density at radius 3 is 2.38 bits per heavy atom. The molecule has 0 aromatic heterocycles. The Labute approximate surface area is 95.6 Å². The highest BCUT2D eigenvalue weighted by Crippen LogP contribution is 2.31. The maximum Gasteiger partial charge on any atom is 0.119 e. The quantitative estimate of drug-likeness (QED) is 0.841. The molecule has 2 aliphatic carbocycles. The molecule has 3 rings (SSSR count). The highest BCUT2D eigenvalue weighted by atomic mass is 16.5. The van der Waals surface area contributed by atoms with Gasteiger partial charge in [-0.1, -0.05) is 18.2 Å². The molecule has 16 heavy (non-hydrogen) atoms. The van der Waals surface area contributed by atoms with Crippen LogP contribution in [0, 0.1) is 0 Å². The van der Waals surface area contributed by atoms with Gasteiger partial charge < -0.3 is 9.84 Å². The summed E-state index contributed by atoms with van der Waals surface area (Å²) < 4.78 is 5.70. The van der Waals surface area contributed by atoms with Gasteiger partial charge in [-0.25, -0.2) is 0 Å². The van der Waals surface area contributed by atoms with Crippen molar-refractivity contribution in [1.29, 1.82) is 0 Å². The lowest BCUT2D eigenvalue weighted by atomic mass is 10.1. The van der Waals surface area contributed by atoms with E-state index in [1.807, 2.05) is 18.2 Å². The van der Waals surface area contributed by atoms with Crippen LogP contribution < -0.4 is 4.74 Å². The van der Waals surface area contributed by atoms with E-state index in [0.29, 0.717) is 6.10 Å². The van der Waals surface area contributed by atoms with E-state index in [2.05, 4.69) is 12.1 Å². The number of hydrogen-bond acceptors (Lipinski definition) is 2. The zero-order chi connectivity index (χ0) is 11.0. The van der Waals surface area contributed by atoms with E-state index in [1.54, 1.807) is 0 Å². The highest BCUT2D eigenvalue weighted by Gasteiger charge is 2.23. The molecule has 0 saturated heterocycles. The third-order valence-electron chi connectivity index (χ3n) is 3.16. The number of aliphatic hydroxyl groups is 1. The topological polar surface area (TPSA) is 29.5 Å². The summed E-state index contributed by atoms with van der Waals surface area (Å²) in [6.45, 7) is 0. The highest BCUT2D eigenvalue weighted by molar-refractivity contribution is 5.68. The van der Waals surface area contributed by atoms with Crippen LogP contribution in [0.15, 0.2) is 30.3 Å². The van der Waals surface area contributed by atoms with Crippen LogP contribution in [-0.4, -0.2) is 17.3 Å². The van der Waals surface area contributed by atoms with Crippen LogP contribution in [0.3, 0.4) is 0 Å². The Bertz CT molecular complexity index is 401. The Hall–Kier alpha value is -1.28. The minimum Gasteiger partial charge on any atom is -0.490 e. The maximum absolute atomic E-state index is 9.44. The molecule has 84 valence electrons. The van der Waals surface area contributed by atoms with Gasteiger partial charge in [-0.15, -0.1) is 0 Å². The Morgan fingerprint density at radius 2 is 1.81 bits per heavy atom. The van der Waals surface area contributed by atoms with Crippen molar-refractivity contribution in [2.45, 2.75) is 37.9 Å². The Morgan fingerprint density at radius 1 is 1.06 bits per heavy atom. The second kappa shape index (κ2) is 3.95. The summed E-state index contributed by atoms with van der Waals surface area (Å²) in [5.74, 6) is 0.963. The summed E-state index contributed by atoms with van der Waals surface area (Å²) in [4.78, 5) is 0. The van der Waals surface area contributed by atoms with Gasteiger partial charge in [0.05, 0.1) is 12.2 Å². The number of aliphatic hydroxyl groups excluding tert-OH is 1. The molecular formula is C14H16O2. The minimum absolute atomic E-state index is 0.252. The molecule has 0 spiro atoms. The van der Waals surface area contributed by atoms with Crippen LogP contribution in [0.25, 0.3) is 5.57 Å². The molecule has 1 saturated carbocycles. The van der Waals surface area contributed by atoms with Crippen LogP contribution in [0.5, 0.6) is 5.75 Å². The van der Waals surface area contributed by atoms with Crippen molar-refractivity contribution in [2.24, 2.45) is 0 Å².